The lowest BCUT2D eigenvalue weighted by Crippen LogP contribution is -2.34. The van der Waals surface area contributed by atoms with Gasteiger partial charge in [0.1, 0.15) is 6.10 Å². The minimum Gasteiger partial charge on any atom is -0.385 e. The Hall–Kier alpha value is -2.20. The number of halogens is 1. The molecule has 0 amide bonds. The average molecular weight is 369 g/mol. The number of hydrogen-bond acceptors (Lipinski definition) is 6. The molecule has 2 aromatic rings. The molecule has 0 aromatic carbocycles. The molecule has 0 spiro atoms. The molecule has 2 aromatic heterocycles. The molecule has 10 heteroatoms. The summed E-state index contributed by atoms with van der Waals surface area (Å²) in [5.74, 6) is -0.168. The lowest BCUT2D eigenvalue weighted by molar-refractivity contribution is -0.0390. The third kappa shape index (κ3) is 2.92. The van der Waals surface area contributed by atoms with E-state index in [0.717, 1.165) is 11.0 Å². The van der Waals surface area contributed by atoms with Crippen LogP contribution >= 0.6 is 0 Å². The van der Waals surface area contributed by atoms with Crippen LogP contribution in [0.2, 0.25) is 0 Å². The number of imidazole rings is 1. The Labute approximate surface area is 148 Å². The molecule has 9 nitrogen and oxygen atoms in total. The van der Waals surface area contributed by atoms with Crippen LogP contribution in [0.15, 0.2) is 9.59 Å². The minimum atomic E-state index is -1.62. The van der Waals surface area contributed by atoms with Gasteiger partial charge in [-0.1, -0.05) is 26.7 Å². The first-order valence-electron chi connectivity index (χ1n) is 8.88. The van der Waals surface area contributed by atoms with Gasteiger partial charge in [-0.05, 0) is 12.8 Å². The highest BCUT2D eigenvalue weighted by Gasteiger charge is 2.46. The van der Waals surface area contributed by atoms with Gasteiger partial charge in [-0.3, -0.25) is 14.3 Å². The van der Waals surface area contributed by atoms with Crippen LogP contribution in [0.4, 0.5) is 10.3 Å². The van der Waals surface area contributed by atoms with Crippen molar-refractivity contribution in [1.29, 1.82) is 0 Å². The van der Waals surface area contributed by atoms with Gasteiger partial charge in [-0.25, -0.2) is 13.8 Å². The summed E-state index contributed by atoms with van der Waals surface area (Å²) in [6.45, 7) is 4.13. The first-order chi connectivity index (χ1) is 12.4. The van der Waals surface area contributed by atoms with Crippen LogP contribution < -0.4 is 17.0 Å². The number of aliphatic hydroxyl groups excluding tert-OH is 1. The molecule has 0 saturated carbocycles. The topological polar surface area (TPSA) is 128 Å². The SMILES string of the molecule is CCCCn1c(=O)n([C@@H]2OC(CCC)[C@H](F)[C@H]2O)c2nc(N)[nH]c(=O)c21. The van der Waals surface area contributed by atoms with E-state index >= 15 is 0 Å². The number of nitrogen functional groups attached to an aromatic ring is 1. The fraction of sp³-hybridized carbons (Fsp3) is 0.688. The number of aliphatic hydroxyl groups is 1. The Balaban J connectivity index is 2.18. The zero-order chi connectivity index (χ0) is 19.0. The molecule has 1 unspecified atom stereocenters. The van der Waals surface area contributed by atoms with E-state index in [2.05, 4.69) is 9.97 Å². The zero-order valence-corrected chi connectivity index (χ0v) is 14.8. The molecule has 0 bridgehead atoms. The fourth-order valence-electron chi connectivity index (χ4n) is 3.39. The number of nitrogens with one attached hydrogen (secondary N) is 1. The van der Waals surface area contributed by atoms with E-state index in [1.165, 1.54) is 4.57 Å². The molecular formula is C16H24FN5O4. The van der Waals surface area contributed by atoms with Crippen LogP contribution in [0.3, 0.4) is 0 Å². The smallest absolute Gasteiger partial charge is 0.332 e. The number of hydrogen-bond donors (Lipinski definition) is 3. The number of H-pyrrole nitrogens is 1. The van der Waals surface area contributed by atoms with E-state index in [1.807, 2.05) is 13.8 Å². The molecule has 1 fully saturated rings. The summed E-state index contributed by atoms with van der Waals surface area (Å²) in [4.78, 5) is 31.7. The number of aromatic nitrogens is 4. The van der Waals surface area contributed by atoms with Gasteiger partial charge in [0.05, 0.1) is 6.10 Å². The Morgan fingerprint density at radius 3 is 2.73 bits per heavy atom. The Morgan fingerprint density at radius 1 is 1.35 bits per heavy atom. The monoisotopic (exact) mass is 369 g/mol. The van der Waals surface area contributed by atoms with Crippen molar-refractivity contribution in [2.45, 2.75) is 70.7 Å². The molecule has 0 radical (unpaired) electrons. The number of alkyl halides is 1. The van der Waals surface area contributed by atoms with Crippen LogP contribution in [-0.4, -0.2) is 42.6 Å². The predicted octanol–water partition coefficient (Wildman–Crippen LogP) is 0.665. The molecule has 3 rings (SSSR count). The number of aromatic amines is 1. The standard InChI is InChI=1S/C16H24FN5O4/c1-3-5-7-21-10-12(19-15(18)20-13(10)24)22(16(21)25)14-11(23)9(17)8(26-14)6-4-2/h8-9,11,14,23H,3-7H2,1-2H3,(H3,18,19,20,24)/t8?,9-,11+,14+/m0/s1. The second kappa shape index (κ2) is 7.20. The summed E-state index contributed by atoms with van der Waals surface area (Å²) < 4.78 is 22.3. The van der Waals surface area contributed by atoms with E-state index in [-0.39, 0.29) is 17.1 Å². The molecule has 0 aliphatic carbocycles. The number of aryl methyl sites for hydroxylation is 1. The van der Waals surface area contributed by atoms with E-state index in [1.54, 1.807) is 0 Å². The third-order valence-corrected chi connectivity index (χ3v) is 4.68. The highest BCUT2D eigenvalue weighted by atomic mass is 19.1. The number of anilines is 1. The van der Waals surface area contributed by atoms with Crippen molar-refractivity contribution >= 4 is 17.1 Å². The number of unbranched alkanes of at least 4 members (excludes halogenated alkanes) is 1. The number of fused-ring (bicyclic) bond motifs is 1. The maximum absolute atomic E-state index is 14.4. The second-order valence-corrected chi connectivity index (χ2v) is 6.57. The lowest BCUT2D eigenvalue weighted by atomic mass is 10.1. The Bertz CT molecular complexity index is 904. The van der Waals surface area contributed by atoms with Gasteiger partial charge in [0.25, 0.3) is 5.56 Å². The van der Waals surface area contributed by atoms with Crippen molar-refractivity contribution in [2.24, 2.45) is 0 Å². The van der Waals surface area contributed by atoms with Crippen molar-refractivity contribution in [3.63, 3.8) is 0 Å². The van der Waals surface area contributed by atoms with Gasteiger partial charge in [0.2, 0.25) is 5.95 Å². The molecule has 3 heterocycles. The summed E-state index contributed by atoms with van der Waals surface area (Å²) in [5.41, 5.74) is 4.51. The molecule has 4 atom stereocenters. The molecule has 4 N–H and O–H groups in total. The molecule has 1 saturated heterocycles. The zero-order valence-electron chi connectivity index (χ0n) is 14.8. The minimum absolute atomic E-state index is 0.0132. The van der Waals surface area contributed by atoms with E-state index in [9.17, 15) is 19.1 Å². The first kappa shape index (κ1) is 18.6. The highest BCUT2D eigenvalue weighted by molar-refractivity contribution is 5.71. The van der Waals surface area contributed by atoms with Crippen molar-refractivity contribution in [1.82, 2.24) is 19.1 Å². The van der Waals surface area contributed by atoms with Gasteiger partial charge in [-0.2, -0.15) is 4.98 Å². The maximum atomic E-state index is 14.4. The highest BCUT2D eigenvalue weighted by Crippen LogP contribution is 2.34. The van der Waals surface area contributed by atoms with Crippen LogP contribution in [0.5, 0.6) is 0 Å². The van der Waals surface area contributed by atoms with Crippen molar-refractivity contribution < 1.29 is 14.2 Å². The fourth-order valence-corrected chi connectivity index (χ4v) is 3.39. The van der Waals surface area contributed by atoms with Gasteiger partial charge in [0.15, 0.2) is 23.6 Å². The van der Waals surface area contributed by atoms with Gasteiger partial charge in [0, 0.05) is 6.54 Å². The Morgan fingerprint density at radius 2 is 2.08 bits per heavy atom. The molecule has 1 aliphatic heterocycles. The number of ether oxygens (including phenoxy) is 1. The summed E-state index contributed by atoms with van der Waals surface area (Å²) in [6, 6.07) is 0. The maximum Gasteiger partial charge on any atom is 0.332 e. The summed E-state index contributed by atoms with van der Waals surface area (Å²) in [5, 5.41) is 10.3. The quantitative estimate of drug-likeness (QED) is 0.686. The molecule has 144 valence electrons. The third-order valence-electron chi connectivity index (χ3n) is 4.68. The lowest BCUT2D eigenvalue weighted by Gasteiger charge is -2.15. The average Bonchev–Trinajstić information content (AvgIpc) is 3.01. The summed E-state index contributed by atoms with van der Waals surface area (Å²) in [7, 11) is 0. The largest absolute Gasteiger partial charge is 0.385 e. The van der Waals surface area contributed by atoms with Crippen molar-refractivity contribution in [3.8, 4) is 0 Å². The number of rotatable bonds is 6. The van der Waals surface area contributed by atoms with Gasteiger partial charge >= 0.3 is 5.69 Å². The second-order valence-electron chi connectivity index (χ2n) is 6.57. The van der Waals surface area contributed by atoms with Crippen LogP contribution in [0.25, 0.3) is 11.2 Å². The van der Waals surface area contributed by atoms with E-state index < -0.39 is 35.9 Å². The Kier molecular flexibility index (Phi) is 5.15. The normalized spacial score (nSPS) is 26.0. The van der Waals surface area contributed by atoms with Gasteiger partial charge in [-0.15, -0.1) is 0 Å². The predicted molar refractivity (Wildman–Crippen MR) is 93.7 cm³/mol. The number of nitrogens with zero attached hydrogens (tertiary/aromatic N) is 3. The van der Waals surface area contributed by atoms with Crippen molar-refractivity contribution in [2.75, 3.05) is 5.73 Å². The molecule has 26 heavy (non-hydrogen) atoms. The van der Waals surface area contributed by atoms with Gasteiger partial charge < -0.3 is 15.6 Å². The molecular weight excluding hydrogens is 345 g/mol. The van der Waals surface area contributed by atoms with Crippen LogP contribution in [-0.2, 0) is 11.3 Å². The van der Waals surface area contributed by atoms with E-state index in [4.69, 9.17) is 10.5 Å². The van der Waals surface area contributed by atoms with Crippen molar-refractivity contribution in [3.05, 3.63) is 20.8 Å². The summed E-state index contributed by atoms with van der Waals surface area (Å²) >= 11 is 0. The summed E-state index contributed by atoms with van der Waals surface area (Å²) in [6.07, 6.45) is -2.67. The van der Waals surface area contributed by atoms with Crippen LogP contribution in [0, 0.1) is 0 Å². The molecule has 1 aliphatic rings. The van der Waals surface area contributed by atoms with Crippen LogP contribution in [0.1, 0.15) is 45.8 Å². The van der Waals surface area contributed by atoms with E-state index in [0.29, 0.717) is 25.8 Å². The first-order valence-corrected chi connectivity index (χ1v) is 8.88. The number of nitrogens with two attached hydrogens (primary N) is 1.